The van der Waals surface area contributed by atoms with Crippen molar-refractivity contribution in [3.63, 3.8) is 0 Å². The van der Waals surface area contributed by atoms with Gasteiger partial charge in [0.25, 0.3) is 0 Å². The number of nitrogens with zero attached hydrogens (tertiary/aromatic N) is 1. The summed E-state index contributed by atoms with van der Waals surface area (Å²) in [6.45, 7) is 7.91. The van der Waals surface area contributed by atoms with Crippen LogP contribution < -0.4 is 10.2 Å². The molecule has 1 aliphatic heterocycles. The van der Waals surface area contributed by atoms with E-state index in [0.717, 1.165) is 25.6 Å². The van der Waals surface area contributed by atoms with Crippen LogP contribution in [0.15, 0.2) is 30.3 Å². The smallest absolute Gasteiger partial charge is 0.0452 e. The molecule has 15 heavy (non-hydrogen) atoms. The zero-order valence-electron chi connectivity index (χ0n) is 9.61. The number of likely N-dealkylation sites (N-methyl/N-ethyl adjacent to an activating group) is 1. The van der Waals surface area contributed by atoms with Crippen molar-refractivity contribution in [3.8, 4) is 0 Å². The SMILES string of the molecule is CCN(c1ccccc1)C1CNCC1C. The Labute approximate surface area is 92.3 Å². The van der Waals surface area contributed by atoms with E-state index in [1.165, 1.54) is 5.69 Å². The molecule has 2 unspecified atom stereocenters. The maximum atomic E-state index is 3.46. The maximum absolute atomic E-state index is 3.46. The lowest BCUT2D eigenvalue weighted by Crippen LogP contribution is -2.40. The van der Waals surface area contributed by atoms with Crippen molar-refractivity contribution < 1.29 is 0 Å². The number of hydrogen-bond acceptors (Lipinski definition) is 2. The molecule has 1 N–H and O–H groups in total. The lowest BCUT2D eigenvalue weighted by molar-refractivity contribution is 0.522. The highest BCUT2D eigenvalue weighted by molar-refractivity contribution is 5.47. The topological polar surface area (TPSA) is 15.3 Å². The molecule has 2 nitrogen and oxygen atoms in total. The maximum Gasteiger partial charge on any atom is 0.0452 e. The highest BCUT2D eigenvalue weighted by atomic mass is 15.2. The van der Waals surface area contributed by atoms with Crippen LogP contribution >= 0.6 is 0 Å². The fraction of sp³-hybridized carbons (Fsp3) is 0.538. The van der Waals surface area contributed by atoms with Crippen molar-refractivity contribution in [2.75, 3.05) is 24.5 Å². The summed E-state index contributed by atoms with van der Waals surface area (Å²) in [6.07, 6.45) is 0. The Morgan fingerprint density at radius 1 is 1.27 bits per heavy atom. The summed E-state index contributed by atoms with van der Waals surface area (Å²) in [6, 6.07) is 11.4. The van der Waals surface area contributed by atoms with Crippen molar-refractivity contribution in [1.29, 1.82) is 0 Å². The second-order valence-electron chi connectivity index (χ2n) is 4.32. The van der Waals surface area contributed by atoms with Gasteiger partial charge in [0.15, 0.2) is 0 Å². The van der Waals surface area contributed by atoms with Gasteiger partial charge < -0.3 is 10.2 Å². The lowest BCUT2D eigenvalue weighted by Gasteiger charge is -2.32. The molecule has 2 atom stereocenters. The van der Waals surface area contributed by atoms with Crippen LogP contribution in [0, 0.1) is 5.92 Å². The van der Waals surface area contributed by atoms with Gasteiger partial charge in [0.2, 0.25) is 0 Å². The lowest BCUT2D eigenvalue weighted by atomic mass is 10.0. The number of benzene rings is 1. The van der Waals surface area contributed by atoms with Gasteiger partial charge in [-0.05, 0) is 31.5 Å². The van der Waals surface area contributed by atoms with Crippen molar-refractivity contribution >= 4 is 5.69 Å². The van der Waals surface area contributed by atoms with Gasteiger partial charge in [-0.1, -0.05) is 25.1 Å². The summed E-state index contributed by atoms with van der Waals surface area (Å²) >= 11 is 0. The Morgan fingerprint density at radius 2 is 2.00 bits per heavy atom. The zero-order valence-corrected chi connectivity index (χ0v) is 9.61. The van der Waals surface area contributed by atoms with Gasteiger partial charge in [0.1, 0.15) is 0 Å². The van der Waals surface area contributed by atoms with E-state index in [-0.39, 0.29) is 0 Å². The molecule has 0 spiro atoms. The standard InChI is InChI=1S/C13H20N2/c1-3-15(12-7-5-4-6-8-12)13-10-14-9-11(13)2/h4-8,11,13-14H,3,9-10H2,1-2H3. The summed E-state index contributed by atoms with van der Waals surface area (Å²) in [4.78, 5) is 2.50. The summed E-state index contributed by atoms with van der Waals surface area (Å²) in [5.74, 6) is 0.741. The van der Waals surface area contributed by atoms with Gasteiger partial charge in [-0.3, -0.25) is 0 Å². The average Bonchev–Trinajstić information content (AvgIpc) is 2.68. The first-order valence-electron chi connectivity index (χ1n) is 5.85. The Balaban J connectivity index is 2.17. The van der Waals surface area contributed by atoms with E-state index in [2.05, 4.69) is 54.4 Å². The van der Waals surface area contributed by atoms with Crippen LogP contribution in [0.3, 0.4) is 0 Å². The van der Waals surface area contributed by atoms with Gasteiger partial charge in [0, 0.05) is 24.8 Å². The molecule has 82 valence electrons. The predicted molar refractivity (Wildman–Crippen MR) is 65.3 cm³/mol. The summed E-state index contributed by atoms with van der Waals surface area (Å²) in [5.41, 5.74) is 1.35. The first kappa shape index (κ1) is 10.5. The number of nitrogens with one attached hydrogen (secondary N) is 1. The number of rotatable bonds is 3. The molecule has 1 saturated heterocycles. The fourth-order valence-electron chi connectivity index (χ4n) is 2.44. The minimum atomic E-state index is 0.650. The molecular formula is C13H20N2. The van der Waals surface area contributed by atoms with Crippen LogP contribution in [0.4, 0.5) is 5.69 Å². The number of hydrogen-bond donors (Lipinski definition) is 1. The van der Waals surface area contributed by atoms with Crippen molar-refractivity contribution in [2.24, 2.45) is 5.92 Å². The minimum Gasteiger partial charge on any atom is -0.367 e. The van der Waals surface area contributed by atoms with E-state index in [1.54, 1.807) is 0 Å². The Morgan fingerprint density at radius 3 is 2.53 bits per heavy atom. The third-order valence-electron chi connectivity index (χ3n) is 3.31. The average molecular weight is 204 g/mol. The molecule has 0 aromatic heterocycles. The third-order valence-corrected chi connectivity index (χ3v) is 3.31. The first-order chi connectivity index (χ1) is 7.33. The van der Waals surface area contributed by atoms with E-state index in [4.69, 9.17) is 0 Å². The van der Waals surface area contributed by atoms with Crippen molar-refractivity contribution in [1.82, 2.24) is 5.32 Å². The fourth-order valence-corrected chi connectivity index (χ4v) is 2.44. The Bertz CT molecular complexity index is 297. The molecule has 2 heteroatoms. The Hall–Kier alpha value is -1.02. The highest BCUT2D eigenvalue weighted by Crippen LogP contribution is 2.22. The van der Waals surface area contributed by atoms with Crippen LogP contribution in [0.5, 0.6) is 0 Å². The van der Waals surface area contributed by atoms with E-state index < -0.39 is 0 Å². The van der Waals surface area contributed by atoms with E-state index >= 15 is 0 Å². The largest absolute Gasteiger partial charge is 0.367 e. The van der Waals surface area contributed by atoms with Gasteiger partial charge in [-0.2, -0.15) is 0 Å². The highest BCUT2D eigenvalue weighted by Gasteiger charge is 2.27. The summed E-state index contributed by atoms with van der Waals surface area (Å²) in [7, 11) is 0. The van der Waals surface area contributed by atoms with E-state index in [9.17, 15) is 0 Å². The van der Waals surface area contributed by atoms with Crippen LogP contribution in [0.25, 0.3) is 0 Å². The quantitative estimate of drug-likeness (QED) is 0.811. The van der Waals surface area contributed by atoms with E-state index in [1.807, 2.05) is 0 Å². The zero-order chi connectivity index (χ0) is 10.7. The molecule has 1 aromatic rings. The molecule has 0 bridgehead atoms. The number of para-hydroxylation sites is 1. The molecule has 1 fully saturated rings. The van der Waals surface area contributed by atoms with E-state index in [0.29, 0.717) is 6.04 Å². The van der Waals surface area contributed by atoms with Gasteiger partial charge in [-0.15, -0.1) is 0 Å². The van der Waals surface area contributed by atoms with Crippen LogP contribution in [0.2, 0.25) is 0 Å². The third kappa shape index (κ3) is 2.15. The molecular weight excluding hydrogens is 184 g/mol. The van der Waals surface area contributed by atoms with Crippen LogP contribution in [0.1, 0.15) is 13.8 Å². The van der Waals surface area contributed by atoms with Crippen molar-refractivity contribution in [2.45, 2.75) is 19.9 Å². The molecule has 1 aromatic carbocycles. The normalized spacial score (nSPS) is 25.5. The van der Waals surface area contributed by atoms with Gasteiger partial charge in [-0.25, -0.2) is 0 Å². The monoisotopic (exact) mass is 204 g/mol. The molecule has 0 radical (unpaired) electrons. The molecule has 1 aliphatic rings. The molecule has 0 saturated carbocycles. The van der Waals surface area contributed by atoms with Crippen molar-refractivity contribution in [3.05, 3.63) is 30.3 Å². The first-order valence-corrected chi connectivity index (χ1v) is 5.85. The molecule has 0 aliphatic carbocycles. The second kappa shape index (κ2) is 4.67. The Kier molecular flexibility index (Phi) is 3.27. The number of anilines is 1. The predicted octanol–water partition coefficient (Wildman–Crippen LogP) is 2.12. The van der Waals surface area contributed by atoms with Crippen LogP contribution in [-0.4, -0.2) is 25.7 Å². The molecule has 0 amide bonds. The van der Waals surface area contributed by atoms with Gasteiger partial charge >= 0.3 is 0 Å². The minimum absolute atomic E-state index is 0.650. The molecule has 1 heterocycles. The second-order valence-corrected chi connectivity index (χ2v) is 4.32. The van der Waals surface area contributed by atoms with Gasteiger partial charge in [0.05, 0.1) is 0 Å². The van der Waals surface area contributed by atoms with Crippen LogP contribution in [-0.2, 0) is 0 Å². The summed E-state index contributed by atoms with van der Waals surface area (Å²) in [5, 5.41) is 3.46. The summed E-state index contributed by atoms with van der Waals surface area (Å²) < 4.78 is 0. The molecule has 2 rings (SSSR count).